The summed E-state index contributed by atoms with van der Waals surface area (Å²) in [7, 11) is 0. The Kier molecular flexibility index (Phi) is 1.98. The third-order valence-electron chi connectivity index (χ3n) is 7.01. The molecule has 0 heterocycles. The summed E-state index contributed by atoms with van der Waals surface area (Å²) in [5.74, 6) is 1.81. The fraction of sp³-hybridized carbons (Fsp3) is 1.00. The summed E-state index contributed by atoms with van der Waals surface area (Å²) in [6.45, 7) is 9.69. The first-order chi connectivity index (χ1) is 7.31. The van der Waals surface area contributed by atoms with Crippen LogP contribution in [0, 0.1) is 28.1 Å². The zero-order chi connectivity index (χ0) is 11.8. The molecule has 92 valence electrons. The quantitative estimate of drug-likeness (QED) is 0.664. The summed E-state index contributed by atoms with van der Waals surface area (Å²) in [6.07, 6.45) is 6.23. The Balaban J connectivity index is 1.95. The SMILES string of the molecule is CC1(C)C[C@H]2[C@H]1CC[C@@]1(C)[C@@H](O)CC[C@@]21C. The Hall–Kier alpha value is -0.0400. The fourth-order valence-electron chi connectivity index (χ4n) is 5.44. The van der Waals surface area contributed by atoms with Crippen molar-refractivity contribution in [2.75, 3.05) is 0 Å². The molecule has 0 aromatic heterocycles. The van der Waals surface area contributed by atoms with Gasteiger partial charge in [-0.15, -0.1) is 0 Å². The van der Waals surface area contributed by atoms with Crippen LogP contribution >= 0.6 is 0 Å². The van der Waals surface area contributed by atoms with E-state index in [4.69, 9.17) is 0 Å². The summed E-state index contributed by atoms with van der Waals surface area (Å²) in [5.41, 5.74) is 1.21. The first-order valence-electron chi connectivity index (χ1n) is 6.99. The van der Waals surface area contributed by atoms with E-state index in [1.54, 1.807) is 0 Å². The number of aliphatic hydroxyl groups excluding tert-OH is 1. The Bertz CT molecular complexity index is 321. The van der Waals surface area contributed by atoms with Gasteiger partial charge in [-0.25, -0.2) is 0 Å². The summed E-state index contributed by atoms with van der Waals surface area (Å²) < 4.78 is 0. The van der Waals surface area contributed by atoms with Gasteiger partial charge in [0.25, 0.3) is 0 Å². The second-order valence-corrected chi connectivity index (χ2v) is 7.83. The standard InChI is InChI=1S/C15H26O/c1-13(2)9-11-10(13)5-7-15(4)12(16)6-8-14(11,15)3/h10-12,16H,5-9H2,1-4H3/t10-,11+,12+,14+,15+/m1/s1. The van der Waals surface area contributed by atoms with Crippen molar-refractivity contribution in [2.45, 2.75) is 65.9 Å². The highest BCUT2D eigenvalue weighted by molar-refractivity contribution is 5.15. The molecule has 1 nitrogen and oxygen atoms in total. The van der Waals surface area contributed by atoms with E-state index in [9.17, 15) is 5.11 Å². The van der Waals surface area contributed by atoms with Gasteiger partial charge in [-0.1, -0.05) is 27.7 Å². The molecule has 3 aliphatic rings. The summed E-state index contributed by atoms with van der Waals surface area (Å²) in [5, 5.41) is 10.3. The van der Waals surface area contributed by atoms with Gasteiger partial charge in [0, 0.05) is 0 Å². The molecule has 0 amide bonds. The molecular weight excluding hydrogens is 196 g/mol. The number of fused-ring (bicyclic) bond motifs is 3. The van der Waals surface area contributed by atoms with Gasteiger partial charge >= 0.3 is 0 Å². The molecule has 3 saturated carbocycles. The largest absolute Gasteiger partial charge is 0.393 e. The minimum absolute atomic E-state index is 0.0397. The second kappa shape index (κ2) is 2.85. The maximum atomic E-state index is 10.3. The number of aliphatic hydroxyl groups is 1. The fourth-order valence-corrected chi connectivity index (χ4v) is 5.44. The molecule has 5 atom stereocenters. The van der Waals surface area contributed by atoms with Crippen LogP contribution in [-0.4, -0.2) is 11.2 Å². The van der Waals surface area contributed by atoms with Crippen LogP contribution in [0.2, 0.25) is 0 Å². The maximum absolute atomic E-state index is 10.3. The normalized spacial score (nSPS) is 58.7. The molecule has 0 bridgehead atoms. The lowest BCUT2D eigenvalue weighted by atomic mass is 9.39. The molecule has 1 heteroatoms. The van der Waals surface area contributed by atoms with Crippen molar-refractivity contribution < 1.29 is 5.11 Å². The predicted octanol–water partition coefficient (Wildman–Crippen LogP) is 3.61. The Morgan fingerprint density at radius 3 is 2.12 bits per heavy atom. The van der Waals surface area contributed by atoms with E-state index >= 15 is 0 Å². The van der Waals surface area contributed by atoms with E-state index in [2.05, 4.69) is 27.7 Å². The molecule has 0 radical (unpaired) electrons. The van der Waals surface area contributed by atoms with Crippen molar-refractivity contribution in [3.05, 3.63) is 0 Å². The summed E-state index contributed by atoms with van der Waals surface area (Å²) in [6, 6.07) is 0. The average Bonchev–Trinajstić information content (AvgIpc) is 2.41. The van der Waals surface area contributed by atoms with E-state index in [-0.39, 0.29) is 11.5 Å². The Labute approximate surface area is 99.6 Å². The summed E-state index contributed by atoms with van der Waals surface area (Å²) in [4.78, 5) is 0. The molecule has 0 aromatic rings. The van der Waals surface area contributed by atoms with E-state index in [1.807, 2.05) is 0 Å². The highest BCUT2D eigenvalue weighted by atomic mass is 16.3. The zero-order valence-electron chi connectivity index (χ0n) is 11.2. The third kappa shape index (κ3) is 1.02. The molecule has 1 N–H and O–H groups in total. The van der Waals surface area contributed by atoms with Crippen LogP contribution in [-0.2, 0) is 0 Å². The first-order valence-corrected chi connectivity index (χ1v) is 6.99. The molecular formula is C15H26O. The van der Waals surface area contributed by atoms with Crippen LogP contribution in [0.5, 0.6) is 0 Å². The number of hydrogen-bond donors (Lipinski definition) is 1. The van der Waals surface area contributed by atoms with Gasteiger partial charge in [0.1, 0.15) is 0 Å². The van der Waals surface area contributed by atoms with E-state index in [0.29, 0.717) is 10.8 Å². The lowest BCUT2D eigenvalue weighted by Gasteiger charge is -2.66. The predicted molar refractivity (Wildman–Crippen MR) is 66.1 cm³/mol. The van der Waals surface area contributed by atoms with Crippen molar-refractivity contribution in [1.29, 1.82) is 0 Å². The topological polar surface area (TPSA) is 20.2 Å². The molecule has 0 unspecified atom stereocenters. The molecule has 0 aliphatic heterocycles. The van der Waals surface area contributed by atoms with Crippen molar-refractivity contribution in [1.82, 2.24) is 0 Å². The first kappa shape index (κ1) is 11.1. The van der Waals surface area contributed by atoms with Crippen LogP contribution in [0.25, 0.3) is 0 Å². The number of hydrogen-bond acceptors (Lipinski definition) is 1. The third-order valence-corrected chi connectivity index (χ3v) is 7.01. The monoisotopic (exact) mass is 222 g/mol. The number of rotatable bonds is 0. The van der Waals surface area contributed by atoms with E-state index in [0.717, 1.165) is 18.3 Å². The Morgan fingerprint density at radius 1 is 0.875 bits per heavy atom. The Morgan fingerprint density at radius 2 is 1.50 bits per heavy atom. The minimum Gasteiger partial charge on any atom is -0.393 e. The van der Waals surface area contributed by atoms with Crippen molar-refractivity contribution in [3.63, 3.8) is 0 Å². The molecule has 16 heavy (non-hydrogen) atoms. The van der Waals surface area contributed by atoms with Crippen LogP contribution in [0.15, 0.2) is 0 Å². The van der Waals surface area contributed by atoms with Gasteiger partial charge in [0.05, 0.1) is 6.10 Å². The lowest BCUT2D eigenvalue weighted by molar-refractivity contribution is -0.184. The lowest BCUT2D eigenvalue weighted by Crippen LogP contribution is -2.60. The van der Waals surface area contributed by atoms with Crippen LogP contribution in [0.3, 0.4) is 0 Å². The molecule has 0 spiro atoms. The van der Waals surface area contributed by atoms with E-state index < -0.39 is 0 Å². The highest BCUT2D eigenvalue weighted by Crippen LogP contribution is 2.72. The smallest absolute Gasteiger partial charge is 0.0599 e. The average molecular weight is 222 g/mol. The van der Waals surface area contributed by atoms with Gasteiger partial charge in [-0.2, -0.15) is 0 Å². The maximum Gasteiger partial charge on any atom is 0.0599 e. The van der Waals surface area contributed by atoms with Gasteiger partial charge in [-0.05, 0) is 60.2 Å². The molecule has 3 rings (SSSR count). The van der Waals surface area contributed by atoms with E-state index in [1.165, 1.54) is 25.7 Å². The molecule has 3 fully saturated rings. The molecule has 0 aromatic carbocycles. The van der Waals surface area contributed by atoms with Crippen LogP contribution in [0.4, 0.5) is 0 Å². The highest BCUT2D eigenvalue weighted by Gasteiger charge is 2.66. The second-order valence-electron chi connectivity index (χ2n) is 7.83. The molecule has 0 saturated heterocycles. The molecule has 3 aliphatic carbocycles. The van der Waals surface area contributed by atoms with Gasteiger partial charge in [-0.3, -0.25) is 0 Å². The minimum atomic E-state index is -0.0397. The van der Waals surface area contributed by atoms with Crippen molar-refractivity contribution in [2.24, 2.45) is 28.1 Å². The van der Waals surface area contributed by atoms with Gasteiger partial charge < -0.3 is 5.11 Å². The summed E-state index contributed by atoms with van der Waals surface area (Å²) >= 11 is 0. The van der Waals surface area contributed by atoms with Crippen molar-refractivity contribution in [3.8, 4) is 0 Å². The zero-order valence-corrected chi connectivity index (χ0v) is 11.2. The van der Waals surface area contributed by atoms with Crippen LogP contribution in [0.1, 0.15) is 59.8 Å². The van der Waals surface area contributed by atoms with Gasteiger partial charge in [0.15, 0.2) is 0 Å². The van der Waals surface area contributed by atoms with Crippen molar-refractivity contribution >= 4 is 0 Å². The van der Waals surface area contributed by atoms with Gasteiger partial charge in [0.2, 0.25) is 0 Å². The van der Waals surface area contributed by atoms with Crippen LogP contribution < -0.4 is 0 Å².